The van der Waals surface area contributed by atoms with Gasteiger partial charge < -0.3 is 28.4 Å². The third kappa shape index (κ3) is 5.19. The number of carbonyl (C=O) groups excluding carboxylic acids is 2. The van der Waals surface area contributed by atoms with E-state index in [0.29, 0.717) is 41.6 Å². The van der Waals surface area contributed by atoms with Crippen LogP contribution in [0.2, 0.25) is 0 Å². The monoisotopic (exact) mass is 492 g/mol. The van der Waals surface area contributed by atoms with E-state index in [-0.39, 0.29) is 29.5 Å². The van der Waals surface area contributed by atoms with Crippen LogP contribution in [0.1, 0.15) is 23.0 Å². The van der Waals surface area contributed by atoms with Crippen molar-refractivity contribution >= 4 is 17.4 Å². The minimum Gasteiger partial charge on any atom is -0.497 e. The molecule has 3 aromatic rings. The number of aromatic nitrogens is 1. The number of pyridine rings is 1. The lowest BCUT2D eigenvalue weighted by molar-refractivity contribution is -0.125. The summed E-state index contributed by atoms with van der Waals surface area (Å²) in [5, 5.41) is 0. The van der Waals surface area contributed by atoms with Crippen molar-refractivity contribution in [3.05, 3.63) is 76.2 Å². The van der Waals surface area contributed by atoms with Gasteiger partial charge in [0.2, 0.25) is 5.43 Å². The summed E-state index contributed by atoms with van der Waals surface area (Å²) in [5.74, 6) is 1.56. The SMILES string of the molecule is COc1ccc(OCCn2ccc(=O)c(OCC(=O)c3ccc4c(c3)N(C)C(=O)C(C)O4)c2C)cc1. The minimum atomic E-state index is -0.586. The van der Waals surface area contributed by atoms with Gasteiger partial charge in [-0.2, -0.15) is 0 Å². The van der Waals surface area contributed by atoms with Crippen LogP contribution in [-0.4, -0.2) is 49.7 Å². The van der Waals surface area contributed by atoms with Crippen molar-refractivity contribution < 1.29 is 28.5 Å². The number of ether oxygens (including phenoxy) is 4. The first kappa shape index (κ1) is 24.8. The van der Waals surface area contributed by atoms with Crippen LogP contribution in [0.3, 0.4) is 0 Å². The Hall–Kier alpha value is -4.27. The zero-order valence-corrected chi connectivity index (χ0v) is 20.6. The van der Waals surface area contributed by atoms with Gasteiger partial charge in [0, 0.05) is 24.9 Å². The first-order chi connectivity index (χ1) is 17.3. The number of nitrogens with zero attached hydrogens (tertiary/aromatic N) is 2. The highest BCUT2D eigenvalue weighted by Crippen LogP contribution is 2.34. The second kappa shape index (κ2) is 10.6. The van der Waals surface area contributed by atoms with Gasteiger partial charge in [0.05, 0.1) is 25.0 Å². The Morgan fingerprint density at radius 1 is 1.03 bits per heavy atom. The lowest BCUT2D eigenvalue weighted by Crippen LogP contribution is -2.42. The van der Waals surface area contributed by atoms with Crippen molar-refractivity contribution in [3.63, 3.8) is 0 Å². The summed E-state index contributed by atoms with van der Waals surface area (Å²) in [6, 6.07) is 13.5. The fourth-order valence-electron chi connectivity index (χ4n) is 3.91. The number of methoxy groups -OCH3 is 1. The van der Waals surface area contributed by atoms with E-state index in [0.717, 1.165) is 5.75 Å². The first-order valence-electron chi connectivity index (χ1n) is 11.5. The lowest BCUT2D eigenvalue weighted by Gasteiger charge is -2.30. The van der Waals surface area contributed by atoms with Crippen molar-refractivity contribution in [2.75, 3.05) is 32.3 Å². The highest BCUT2D eigenvalue weighted by atomic mass is 16.5. The minimum absolute atomic E-state index is 0.109. The predicted molar refractivity (Wildman–Crippen MR) is 134 cm³/mol. The van der Waals surface area contributed by atoms with Gasteiger partial charge in [-0.15, -0.1) is 0 Å². The fourth-order valence-corrected chi connectivity index (χ4v) is 3.91. The second-order valence-corrected chi connectivity index (χ2v) is 8.36. The molecule has 36 heavy (non-hydrogen) atoms. The molecular weight excluding hydrogens is 464 g/mol. The molecular formula is C27H28N2O7. The van der Waals surface area contributed by atoms with Crippen LogP contribution in [0.4, 0.5) is 5.69 Å². The largest absolute Gasteiger partial charge is 0.497 e. The molecule has 1 atom stereocenters. The molecule has 2 aromatic carbocycles. The van der Waals surface area contributed by atoms with Crippen LogP contribution in [0.25, 0.3) is 0 Å². The number of ketones is 1. The number of Topliss-reactive ketones (excluding diaryl/α,β-unsaturated/α-hetero) is 1. The van der Waals surface area contributed by atoms with Crippen LogP contribution in [-0.2, 0) is 11.3 Å². The summed E-state index contributed by atoms with van der Waals surface area (Å²) in [6.07, 6.45) is 1.08. The summed E-state index contributed by atoms with van der Waals surface area (Å²) in [7, 11) is 3.24. The van der Waals surface area contributed by atoms with Crippen molar-refractivity contribution in [2.24, 2.45) is 0 Å². The molecule has 1 aliphatic heterocycles. The van der Waals surface area contributed by atoms with Crippen LogP contribution >= 0.6 is 0 Å². The molecule has 1 aliphatic rings. The molecule has 0 saturated carbocycles. The van der Waals surface area contributed by atoms with Gasteiger partial charge in [0.15, 0.2) is 24.2 Å². The normalized spacial score (nSPS) is 14.6. The van der Waals surface area contributed by atoms with Crippen molar-refractivity contribution in [1.29, 1.82) is 0 Å². The van der Waals surface area contributed by atoms with E-state index in [2.05, 4.69) is 0 Å². The summed E-state index contributed by atoms with van der Waals surface area (Å²) in [4.78, 5) is 39.0. The lowest BCUT2D eigenvalue weighted by atomic mass is 10.1. The van der Waals surface area contributed by atoms with Crippen molar-refractivity contribution in [3.8, 4) is 23.0 Å². The Labute approximate surface area is 208 Å². The van der Waals surface area contributed by atoms with E-state index in [4.69, 9.17) is 18.9 Å². The molecule has 0 aliphatic carbocycles. The number of carbonyl (C=O) groups is 2. The smallest absolute Gasteiger partial charge is 0.267 e. The number of hydrogen-bond donors (Lipinski definition) is 0. The maximum absolute atomic E-state index is 12.8. The topological polar surface area (TPSA) is 96.3 Å². The Balaban J connectivity index is 1.41. The molecule has 0 bridgehead atoms. The zero-order valence-electron chi connectivity index (χ0n) is 20.6. The highest BCUT2D eigenvalue weighted by Gasteiger charge is 2.29. The molecule has 0 fully saturated rings. The number of amides is 1. The van der Waals surface area contributed by atoms with Crippen molar-refractivity contribution in [1.82, 2.24) is 4.57 Å². The molecule has 1 unspecified atom stereocenters. The standard InChI is InChI=1S/C27H28N2O7/c1-17-26(23(30)11-12-29(17)13-14-34-21-8-6-20(33-4)7-9-21)35-16-24(31)19-5-10-25-22(15-19)28(3)27(32)18(2)36-25/h5-12,15,18H,13-14,16H2,1-4H3. The zero-order chi connectivity index (χ0) is 25.8. The van der Waals surface area contributed by atoms with Gasteiger partial charge in [-0.3, -0.25) is 14.4 Å². The number of anilines is 1. The molecule has 9 heteroatoms. The average Bonchev–Trinajstić information content (AvgIpc) is 2.88. The Bertz CT molecular complexity index is 1330. The van der Waals surface area contributed by atoms with E-state index < -0.39 is 6.10 Å². The van der Waals surface area contributed by atoms with Crippen LogP contribution in [0.15, 0.2) is 59.5 Å². The maximum Gasteiger partial charge on any atom is 0.267 e. The summed E-state index contributed by atoms with van der Waals surface area (Å²) >= 11 is 0. The fraction of sp³-hybridized carbons (Fsp3) is 0.296. The van der Waals surface area contributed by atoms with Crippen LogP contribution in [0.5, 0.6) is 23.0 Å². The molecule has 188 valence electrons. The summed E-state index contributed by atoms with van der Waals surface area (Å²) in [5.41, 5.74) is 1.14. The Morgan fingerprint density at radius 3 is 2.47 bits per heavy atom. The van der Waals surface area contributed by atoms with Crippen LogP contribution in [0, 0.1) is 6.92 Å². The average molecular weight is 493 g/mol. The molecule has 9 nitrogen and oxygen atoms in total. The maximum atomic E-state index is 12.8. The van der Waals surface area contributed by atoms with E-state index >= 15 is 0 Å². The Morgan fingerprint density at radius 2 is 1.75 bits per heavy atom. The van der Waals surface area contributed by atoms with E-state index in [1.54, 1.807) is 52.4 Å². The van der Waals surface area contributed by atoms with Gasteiger partial charge in [-0.25, -0.2) is 0 Å². The molecule has 0 N–H and O–H groups in total. The van der Waals surface area contributed by atoms with E-state index in [9.17, 15) is 14.4 Å². The predicted octanol–water partition coefficient (Wildman–Crippen LogP) is 3.25. The molecule has 2 heterocycles. The third-order valence-corrected chi connectivity index (χ3v) is 6.02. The van der Waals surface area contributed by atoms with Gasteiger partial charge in [0.1, 0.15) is 23.9 Å². The number of fused-ring (bicyclic) bond motifs is 1. The molecule has 0 radical (unpaired) electrons. The molecule has 1 amide bonds. The summed E-state index contributed by atoms with van der Waals surface area (Å²) in [6.45, 7) is 3.96. The van der Waals surface area contributed by atoms with Gasteiger partial charge >= 0.3 is 0 Å². The number of rotatable bonds is 9. The number of hydrogen-bond acceptors (Lipinski definition) is 7. The molecule has 1 aromatic heterocycles. The first-order valence-corrected chi connectivity index (χ1v) is 11.5. The van der Waals surface area contributed by atoms with E-state index in [1.807, 2.05) is 28.8 Å². The van der Waals surface area contributed by atoms with Gasteiger partial charge in [-0.05, 0) is 56.3 Å². The molecule has 0 spiro atoms. The van der Waals surface area contributed by atoms with Crippen molar-refractivity contribution in [2.45, 2.75) is 26.5 Å². The summed E-state index contributed by atoms with van der Waals surface area (Å²) < 4.78 is 24.0. The molecule has 0 saturated heterocycles. The van der Waals surface area contributed by atoms with Gasteiger partial charge in [0.25, 0.3) is 5.91 Å². The van der Waals surface area contributed by atoms with Crippen LogP contribution < -0.4 is 29.3 Å². The molecule has 4 rings (SSSR count). The highest BCUT2D eigenvalue weighted by molar-refractivity contribution is 6.03. The second-order valence-electron chi connectivity index (χ2n) is 8.36. The van der Waals surface area contributed by atoms with E-state index in [1.165, 1.54) is 11.0 Å². The van der Waals surface area contributed by atoms with Gasteiger partial charge in [-0.1, -0.05) is 0 Å². The third-order valence-electron chi connectivity index (χ3n) is 6.02. The Kier molecular flexibility index (Phi) is 7.28. The quantitative estimate of drug-likeness (QED) is 0.423. The number of likely N-dealkylation sites (N-methyl/N-ethyl adjacent to an activating group) is 1. The number of benzene rings is 2.